The Kier molecular flexibility index (Phi) is 5.88. The second-order valence-electron chi connectivity index (χ2n) is 12.0. The molecule has 42 heavy (non-hydrogen) atoms. The Morgan fingerprint density at radius 1 is 0.714 bits per heavy atom. The predicted octanol–water partition coefficient (Wildman–Crippen LogP) is 6.95. The Hall–Kier alpha value is -4.20. The van der Waals surface area contributed by atoms with E-state index in [-0.39, 0.29) is 17.8 Å². The number of aromatic hydroxyl groups is 1. The van der Waals surface area contributed by atoms with E-state index in [2.05, 4.69) is 54.2 Å². The first-order valence-electron chi connectivity index (χ1n) is 14.7. The van der Waals surface area contributed by atoms with Crippen LogP contribution in [-0.4, -0.2) is 49.2 Å². The highest BCUT2D eigenvalue weighted by Crippen LogP contribution is 2.56. The fourth-order valence-electron chi connectivity index (χ4n) is 7.06. The molecule has 6 aliphatic rings. The minimum Gasteiger partial charge on any atom is -0.504 e. The fraction of sp³-hybridized carbons (Fsp3) is 0.314. The molecule has 1 N–H and O–H groups in total. The summed E-state index contributed by atoms with van der Waals surface area (Å²) >= 11 is 0. The van der Waals surface area contributed by atoms with Crippen molar-refractivity contribution in [2.24, 2.45) is 0 Å². The van der Waals surface area contributed by atoms with Gasteiger partial charge >= 0.3 is 0 Å². The molecule has 0 spiro atoms. The number of ether oxygens (including phenoxy) is 4. The zero-order valence-electron chi connectivity index (χ0n) is 24.1. The molecule has 7 heteroatoms. The highest BCUT2D eigenvalue weighted by molar-refractivity contribution is 5.67. The Bertz CT molecular complexity index is 1720. The van der Waals surface area contributed by atoms with Gasteiger partial charge in [0.2, 0.25) is 5.75 Å². The van der Waals surface area contributed by atoms with Crippen LogP contribution in [0.4, 0.5) is 0 Å². The number of phenols is 1. The van der Waals surface area contributed by atoms with Gasteiger partial charge in [-0.2, -0.15) is 0 Å². The highest BCUT2D eigenvalue weighted by Gasteiger charge is 2.37. The summed E-state index contributed by atoms with van der Waals surface area (Å²) in [6, 6.07) is 20.6. The molecule has 6 heterocycles. The highest BCUT2D eigenvalue weighted by atomic mass is 16.6. The van der Waals surface area contributed by atoms with Crippen molar-refractivity contribution in [2.75, 3.05) is 34.3 Å². The molecular formula is C35H34N2O5. The van der Waals surface area contributed by atoms with E-state index in [0.29, 0.717) is 23.0 Å². The molecular weight excluding hydrogens is 528 g/mol. The number of phenolic OH excluding ortho intramolecular Hbond substituents is 1. The van der Waals surface area contributed by atoms with E-state index in [0.717, 1.165) is 67.1 Å². The van der Waals surface area contributed by atoms with Crippen molar-refractivity contribution in [3.63, 3.8) is 0 Å². The van der Waals surface area contributed by atoms with E-state index in [9.17, 15) is 5.11 Å². The Labute approximate surface area is 245 Å². The number of nitrogens with zero attached hydrogens (tertiary/aromatic N) is 2. The van der Waals surface area contributed by atoms with Crippen LogP contribution in [0, 0.1) is 0 Å². The van der Waals surface area contributed by atoms with Crippen LogP contribution in [0.3, 0.4) is 0 Å². The number of hydrogen-bond acceptors (Lipinski definition) is 7. The first-order chi connectivity index (χ1) is 20.4. The van der Waals surface area contributed by atoms with Crippen molar-refractivity contribution in [2.45, 2.75) is 37.8 Å². The van der Waals surface area contributed by atoms with Crippen LogP contribution in [0.1, 0.15) is 45.5 Å². The van der Waals surface area contributed by atoms with E-state index >= 15 is 0 Å². The fourth-order valence-corrected chi connectivity index (χ4v) is 7.06. The molecule has 1 unspecified atom stereocenters. The maximum Gasteiger partial charge on any atom is 0.212 e. The molecule has 0 aromatic heterocycles. The third-order valence-corrected chi connectivity index (χ3v) is 9.43. The molecule has 214 valence electrons. The number of benzene rings is 4. The van der Waals surface area contributed by atoms with Crippen molar-refractivity contribution >= 4 is 0 Å². The first-order valence-corrected chi connectivity index (χ1v) is 14.7. The minimum atomic E-state index is 0.0974. The van der Waals surface area contributed by atoms with Gasteiger partial charge in [0.25, 0.3) is 0 Å². The monoisotopic (exact) mass is 562 g/mol. The van der Waals surface area contributed by atoms with Gasteiger partial charge in [-0.25, -0.2) is 0 Å². The molecule has 0 amide bonds. The zero-order valence-corrected chi connectivity index (χ0v) is 24.1. The summed E-state index contributed by atoms with van der Waals surface area (Å²) in [5.74, 6) is 4.86. The predicted molar refractivity (Wildman–Crippen MR) is 160 cm³/mol. The van der Waals surface area contributed by atoms with Gasteiger partial charge in [-0.3, -0.25) is 9.80 Å². The summed E-state index contributed by atoms with van der Waals surface area (Å²) < 4.78 is 25.5. The van der Waals surface area contributed by atoms with E-state index in [1.165, 1.54) is 22.3 Å². The lowest BCUT2D eigenvalue weighted by Crippen LogP contribution is -2.34. The largest absolute Gasteiger partial charge is 0.504 e. The number of methoxy groups -OCH3 is 1. The van der Waals surface area contributed by atoms with Crippen LogP contribution in [0.5, 0.6) is 46.0 Å². The van der Waals surface area contributed by atoms with Crippen molar-refractivity contribution < 1.29 is 24.1 Å². The van der Waals surface area contributed by atoms with Gasteiger partial charge in [0.05, 0.1) is 7.11 Å². The third kappa shape index (κ3) is 4.10. The van der Waals surface area contributed by atoms with Crippen LogP contribution in [0.15, 0.2) is 60.7 Å². The summed E-state index contributed by atoms with van der Waals surface area (Å²) in [5.41, 5.74) is 7.12. The molecule has 6 aliphatic heterocycles. The SMILES string of the molecule is COc1cc2c3c4c1Oc1cc5c(cc1O4)C(Cc1ccc(c(O)c1)Oc1ccc(cc1)C[C@@H]3N(C)CC2)N(C)CC5. The summed E-state index contributed by atoms with van der Waals surface area (Å²) in [6.45, 7) is 1.87. The maximum atomic E-state index is 10.9. The van der Waals surface area contributed by atoms with Gasteiger partial charge in [0.1, 0.15) is 5.75 Å². The number of hydrogen-bond donors (Lipinski definition) is 1. The van der Waals surface area contributed by atoms with Gasteiger partial charge in [-0.05, 0) is 110 Å². The minimum absolute atomic E-state index is 0.0974. The van der Waals surface area contributed by atoms with Gasteiger partial charge in [-0.1, -0.05) is 18.2 Å². The summed E-state index contributed by atoms with van der Waals surface area (Å²) in [4.78, 5) is 4.78. The van der Waals surface area contributed by atoms with Crippen LogP contribution < -0.4 is 18.9 Å². The van der Waals surface area contributed by atoms with Crippen molar-refractivity contribution in [3.8, 4) is 46.0 Å². The number of likely N-dealkylation sites (N-methyl/N-ethyl adjacent to an activating group) is 2. The van der Waals surface area contributed by atoms with Crippen molar-refractivity contribution in [1.82, 2.24) is 9.80 Å². The standard InChI is InChI=1S/C35H34N2O5/c1-36-12-10-22-17-30-31-19-25(22)26(36)15-21-6-9-29(28(38)16-21)40-24-7-4-20(5-8-24)14-27-33-23(11-13-37(27)2)18-32(39-3)34(41-30)35(33)42-31/h4-9,16-19,26-27,38H,10-15H2,1-3H3/t26?,27-/m0/s1. The molecule has 0 saturated heterocycles. The molecule has 10 rings (SSSR count). The molecule has 4 aromatic carbocycles. The zero-order chi connectivity index (χ0) is 28.5. The Morgan fingerprint density at radius 3 is 2.19 bits per heavy atom. The van der Waals surface area contributed by atoms with Crippen molar-refractivity contribution in [1.29, 1.82) is 0 Å². The first kappa shape index (κ1) is 25.5. The van der Waals surface area contributed by atoms with Crippen LogP contribution >= 0.6 is 0 Å². The molecule has 7 bridgehead atoms. The second kappa shape index (κ2) is 9.68. The molecule has 4 aromatic rings. The molecule has 7 nitrogen and oxygen atoms in total. The van der Waals surface area contributed by atoms with Gasteiger partial charge in [0, 0.05) is 30.7 Å². The van der Waals surface area contributed by atoms with E-state index in [1.54, 1.807) is 7.11 Å². The average molecular weight is 563 g/mol. The molecule has 0 saturated carbocycles. The third-order valence-electron chi connectivity index (χ3n) is 9.43. The quantitative estimate of drug-likeness (QED) is 0.237. The maximum absolute atomic E-state index is 10.9. The average Bonchev–Trinajstić information content (AvgIpc) is 2.99. The van der Waals surface area contributed by atoms with Crippen LogP contribution in [0.2, 0.25) is 0 Å². The van der Waals surface area contributed by atoms with E-state index in [4.69, 9.17) is 18.9 Å². The normalized spacial score (nSPS) is 20.6. The molecule has 0 radical (unpaired) electrons. The lowest BCUT2D eigenvalue weighted by Gasteiger charge is -2.39. The van der Waals surface area contributed by atoms with Crippen LogP contribution in [-0.2, 0) is 25.7 Å². The van der Waals surface area contributed by atoms with Gasteiger partial charge < -0.3 is 24.1 Å². The molecule has 0 aliphatic carbocycles. The summed E-state index contributed by atoms with van der Waals surface area (Å²) in [5, 5.41) is 10.9. The summed E-state index contributed by atoms with van der Waals surface area (Å²) in [6.07, 6.45) is 3.39. The summed E-state index contributed by atoms with van der Waals surface area (Å²) in [7, 11) is 6.04. The van der Waals surface area contributed by atoms with Crippen LogP contribution in [0.25, 0.3) is 0 Å². The number of fused-ring (bicyclic) bond motifs is 2. The number of rotatable bonds is 1. The smallest absolute Gasteiger partial charge is 0.212 e. The Balaban J connectivity index is 1.33. The van der Waals surface area contributed by atoms with Crippen molar-refractivity contribution in [3.05, 3.63) is 94.0 Å². The second-order valence-corrected chi connectivity index (χ2v) is 12.0. The van der Waals surface area contributed by atoms with E-state index < -0.39 is 0 Å². The van der Waals surface area contributed by atoms with Gasteiger partial charge in [-0.15, -0.1) is 0 Å². The molecule has 0 fully saturated rings. The lowest BCUT2D eigenvalue weighted by molar-refractivity contribution is 0.218. The van der Waals surface area contributed by atoms with E-state index in [1.807, 2.05) is 30.3 Å². The molecule has 2 atom stereocenters. The van der Waals surface area contributed by atoms with Gasteiger partial charge in [0.15, 0.2) is 34.5 Å². The lowest BCUT2D eigenvalue weighted by atomic mass is 9.87. The Morgan fingerprint density at radius 2 is 1.40 bits per heavy atom. The topological polar surface area (TPSA) is 63.6 Å².